The molecule has 1 aromatic heterocycles. The molecular weight excluding hydrogens is 368 g/mol. The summed E-state index contributed by atoms with van der Waals surface area (Å²) in [5.41, 5.74) is 1.73. The maximum Gasteiger partial charge on any atom is 0.144 e. The van der Waals surface area contributed by atoms with Crippen molar-refractivity contribution in [2.24, 2.45) is 0 Å². The Kier molecular flexibility index (Phi) is 3.52. The minimum Gasteiger partial charge on any atom is -0.329 e. The van der Waals surface area contributed by atoms with Crippen LogP contribution in [0.3, 0.4) is 0 Å². The van der Waals surface area contributed by atoms with Crippen LogP contribution in [0.25, 0.3) is 10.9 Å². The third-order valence-electron chi connectivity index (χ3n) is 3.09. The first-order valence-corrected chi connectivity index (χ1v) is 7.12. The predicted octanol–water partition coefficient (Wildman–Crippen LogP) is 4.14. The standard InChI is InChI=1S/C15H11FIN3/c1-20(12-4-2-3-11(17)8-12)15-13-7-10(16)5-6-14(13)18-9-19-15/h2-9H,1H3. The molecule has 0 aliphatic rings. The lowest BCUT2D eigenvalue weighted by Crippen LogP contribution is -2.12. The van der Waals surface area contributed by atoms with Crippen LogP contribution in [0.2, 0.25) is 0 Å². The first-order chi connectivity index (χ1) is 9.65. The fourth-order valence-corrected chi connectivity index (χ4v) is 2.62. The Balaban J connectivity index is 2.16. The molecule has 0 amide bonds. The van der Waals surface area contributed by atoms with Crippen molar-refractivity contribution in [3.8, 4) is 0 Å². The van der Waals surface area contributed by atoms with E-state index < -0.39 is 0 Å². The Morgan fingerprint density at radius 2 is 1.95 bits per heavy atom. The van der Waals surface area contributed by atoms with Crippen LogP contribution in [-0.2, 0) is 0 Å². The number of aromatic nitrogens is 2. The molecule has 20 heavy (non-hydrogen) atoms. The third-order valence-corrected chi connectivity index (χ3v) is 3.76. The van der Waals surface area contributed by atoms with Gasteiger partial charge in [0.1, 0.15) is 18.0 Å². The molecule has 2 aromatic carbocycles. The summed E-state index contributed by atoms with van der Waals surface area (Å²) in [4.78, 5) is 10.4. The lowest BCUT2D eigenvalue weighted by atomic mass is 10.2. The monoisotopic (exact) mass is 379 g/mol. The molecule has 0 saturated heterocycles. The Morgan fingerprint density at radius 1 is 1.10 bits per heavy atom. The molecule has 0 N–H and O–H groups in total. The normalized spacial score (nSPS) is 10.8. The number of halogens is 2. The average Bonchev–Trinajstić information content (AvgIpc) is 2.46. The van der Waals surface area contributed by atoms with Crippen LogP contribution in [0, 0.1) is 9.39 Å². The molecule has 5 heteroatoms. The van der Waals surface area contributed by atoms with Crippen molar-refractivity contribution < 1.29 is 4.39 Å². The summed E-state index contributed by atoms with van der Waals surface area (Å²) in [6, 6.07) is 12.6. The average molecular weight is 379 g/mol. The van der Waals surface area contributed by atoms with Crippen LogP contribution < -0.4 is 4.90 Å². The van der Waals surface area contributed by atoms with Gasteiger partial charge < -0.3 is 4.90 Å². The smallest absolute Gasteiger partial charge is 0.144 e. The van der Waals surface area contributed by atoms with Gasteiger partial charge in [-0.05, 0) is 59.0 Å². The Bertz CT molecular complexity index is 776. The largest absolute Gasteiger partial charge is 0.329 e. The van der Waals surface area contributed by atoms with Crippen molar-refractivity contribution in [3.05, 3.63) is 58.2 Å². The van der Waals surface area contributed by atoms with E-state index >= 15 is 0 Å². The van der Waals surface area contributed by atoms with Crippen molar-refractivity contribution in [1.82, 2.24) is 9.97 Å². The van der Waals surface area contributed by atoms with Crippen molar-refractivity contribution in [3.63, 3.8) is 0 Å². The van der Waals surface area contributed by atoms with E-state index in [1.54, 1.807) is 6.07 Å². The SMILES string of the molecule is CN(c1cccc(I)c1)c1ncnc2ccc(F)cc12. The van der Waals surface area contributed by atoms with Crippen molar-refractivity contribution in [1.29, 1.82) is 0 Å². The van der Waals surface area contributed by atoms with Crippen molar-refractivity contribution in [2.75, 3.05) is 11.9 Å². The second-order valence-corrected chi connectivity index (χ2v) is 5.64. The first kappa shape index (κ1) is 13.2. The van der Waals surface area contributed by atoms with E-state index in [2.05, 4.69) is 32.6 Å². The van der Waals surface area contributed by atoms with E-state index in [9.17, 15) is 4.39 Å². The Morgan fingerprint density at radius 3 is 2.75 bits per heavy atom. The van der Waals surface area contributed by atoms with Crippen molar-refractivity contribution in [2.45, 2.75) is 0 Å². The molecule has 3 rings (SSSR count). The molecule has 0 aliphatic carbocycles. The molecule has 0 bridgehead atoms. The van der Waals surface area contributed by atoms with Crippen LogP contribution in [0.5, 0.6) is 0 Å². The van der Waals surface area contributed by atoms with Gasteiger partial charge in [-0.15, -0.1) is 0 Å². The molecule has 1 heterocycles. The fraction of sp³-hybridized carbons (Fsp3) is 0.0667. The lowest BCUT2D eigenvalue weighted by Gasteiger charge is -2.20. The summed E-state index contributed by atoms with van der Waals surface area (Å²) in [6.07, 6.45) is 1.50. The molecule has 0 saturated carbocycles. The van der Waals surface area contributed by atoms with Crippen LogP contribution in [0.4, 0.5) is 15.9 Å². The topological polar surface area (TPSA) is 29.0 Å². The van der Waals surface area contributed by atoms with E-state index in [0.29, 0.717) is 11.2 Å². The maximum atomic E-state index is 13.5. The molecule has 0 atom stereocenters. The molecule has 100 valence electrons. The molecule has 0 unspecified atom stereocenters. The number of hydrogen-bond donors (Lipinski definition) is 0. The number of nitrogens with zero attached hydrogens (tertiary/aromatic N) is 3. The van der Waals surface area contributed by atoms with Gasteiger partial charge in [0.15, 0.2) is 0 Å². The molecule has 0 spiro atoms. The van der Waals surface area contributed by atoms with Gasteiger partial charge in [-0.1, -0.05) is 6.07 Å². The second-order valence-electron chi connectivity index (χ2n) is 4.40. The molecule has 3 nitrogen and oxygen atoms in total. The molecule has 0 fully saturated rings. The van der Waals surface area contributed by atoms with Crippen LogP contribution in [0.15, 0.2) is 48.8 Å². The molecule has 0 radical (unpaired) electrons. The van der Waals surface area contributed by atoms with Gasteiger partial charge in [-0.25, -0.2) is 14.4 Å². The highest BCUT2D eigenvalue weighted by Gasteiger charge is 2.11. The Hall–Kier alpha value is -1.76. The number of rotatable bonds is 2. The quantitative estimate of drug-likeness (QED) is 0.627. The van der Waals surface area contributed by atoms with E-state index in [-0.39, 0.29) is 5.82 Å². The summed E-state index contributed by atoms with van der Waals surface area (Å²) in [5.74, 6) is 0.404. The zero-order chi connectivity index (χ0) is 14.1. The highest BCUT2D eigenvalue weighted by Crippen LogP contribution is 2.29. The van der Waals surface area contributed by atoms with E-state index in [1.165, 1.54) is 18.5 Å². The molecule has 3 aromatic rings. The minimum absolute atomic E-state index is 0.287. The lowest BCUT2D eigenvalue weighted by molar-refractivity contribution is 0.629. The summed E-state index contributed by atoms with van der Waals surface area (Å²) in [5, 5.41) is 0.703. The van der Waals surface area contributed by atoms with Gasteiger partial charge in [0.2, 0.25) is 0 Å². The molecule has 0 aliphatic heterocycles. The third kappa shape index (κ3) is 2.45. The van der Waals surface area contributed by atoms with Gasteiger partial charge in [0.25, 0.3) is 0 Å². The van der Waals surface area contributed by atoms with Crippen LogP contribution in [-0.4, -0.2) is 17.0 Å². The van der Waals surface area contributed by atoms with E-state index in [0.717, 1.165) is 14.8 Å². The van der Waals surface area contributed by atoms with Gasteiger partial charge in [0, 0.05) is 21.7 Å². The number of hydrogen-bond acceptors (Lipinski definition) is 3. The number of fused-ring (bicyclic) bond motifs is 1. The van der Waals surface area contributed by atoms with Gasteiger partial charge in [0.05, 0.1) is 5.52 Å². The van der Waals surface area contributed by atoms with Crippen molar-refractivity contribution >= 4 is 45.0 Å². The zero-order valence-electron chi connectivity index (χ0n) is 10.7. The summed E-state index contributed by atoms with van der Waals surface area (Å²) in [7, 11) is 1.91. The first-order valence-electron chi connectivity index (χ1n) is 6.05. The van der Waals surface area contributed by atoms with Crippen LogP contribution >= 0.6 is 22.6 Å². The van der Waals surface area contributed by atoms with Crippen LogP contribution in [0.1, 0.15) is 0 Å². The molecular formula is C15H11FIN3. The highest BCUT2D eigenvalue weighted by atomic mass is 127. The zero-order valence-corrected chi connectivity index (χ0v) is 12.9. The second kappa shape index (κ2) is 5.32. The summed E-state index contributed by atoms with van der Waals surface area (Å²) in [6.45, 7) is 0. The van der Waals surface area contributed by atoms with E-state index in [1.807, 2.05) is 36.2 Å². The maximum absolute atomic E-state index is 13.5. The minimum atomic E-state index is -0.287. The van der Waals surface area contributed by atoms with Gasteiger partial charge in [-0.3, -0.25) is 0 Å². The summed E-state index contributed by atoms with van der Waals surface area (Å²) >= 11 is 2.26. The number of anilines is 2. The number of benzene rings is 2. The van der Waals surface area contributed by atoms with E-state index in [4.69, 9.17) is 0 Å². The van der Waals surface area contributed by atoms with Gasteiger partial charge in [-0.2, -0.15) is 0 Å². The summed E-state index contributed by atoms with van der Waals surface area (Å²) < 4.78 is 14.6. The fourth-order valence-electron chi connectivity index (χ4n) is 2.09. The Labute approximate surface area is 129 Å². The predicted molar refractivity (Wildman–Crippen MR) is 86.7 cm³/mol. The highest BCUT2D eigenvalue weighted by molar-refractivity contribution is 14.1. The van der Waals surface area contributed by atoms with Gasteiger partial charge >= 0.3 is 0 Å².